The lowest BCUT2D eigenvalue weighted by Crippen LogP contribution is -2.44. The summed E-state index contributed by atoms with van der Waals surface area (Å²) < 4.78 is 25.3. The Balaban J connectivity index is 1.95. The Morgan fingerprint density at radius 1 is 1.33 bits per heavy atom. The van der Waals surface area contributed by atoms with E-state index in [-0.39, 0.29) is 23.6 Å². The third-order valence-electron chi connectivity index (χ3n) is 4.56. The highest BCUT2D eigenvalue weighted by atomic mass is 35.5. The molecule has 0 saturated carbocycles. The Morgan fingerprint density at radius 3 is 2.54 bits per heavy atom. The molecule has 1 amide bonds. The average molecular weight is 373 g/mol. The summed E-state index contributed by atoms with van der Waals surface area (Å²) >= 11 is 6.03. The van der Waals surface area contributed by atoms with Crippen molar-refractivity contribution in [3.63, 3.8) is 0 Å². The second-order valence-corrected chi connectivity index (χ2v) is 8.79. The Morgan fingerprint density at radius 2 is 2.00 bits per heavy atom. The van der Waals surface area contributed by atoms with Crippen molar-refractivity contribution >= 4 is 27.5 Å². The zero-order valence-electron chi connectivity index (χ0n) is 14.2. The molecular weight excluding hydrogens is 348 g/mol. The predicted molar refractivity (Wildman–Crippen MR) is 96.4 cm³/mol. The van der Waals surface area contributed by atoms with Crippen molar-refractivity contribution in [3.8, 4) is 0 Å². The third kappa shape index (κ3) is 4.71. The van der Waals surface area contributed by atoms with E-state index in [1.54, 1.807) is 6.92 Å². The molecule has 0 radical (unpaired) electrons. The van der Waals surface area contributed by atoms with Gasteiger partial charge in [0.05, 0.1) is 11.8 Å². The van der Waals surface area contributed by atoms with E-state index in [4.69, 9.17) is 11.6 Å². The van der Waals surface area contributed by atoms with Crippen molar-refractivity contribution in [1.29, 1.82) is 0 Å². The lowest BCUT2D eigenvalue weighted by atomic mass is 9.96. The maximum absolute atomic E-state index is 12.5. The number of amides is 1. The molecule has 1 N–H and O–H groups in total. The smallest absolute Gasteiger partial charge is 0.223 e. The normalized spacial score (nSPS) is 18.3. The highest BCUT2D eigenvalue weighted by molar-refractivity contribution is 7.89. The van der Waals surface area contributed by atoms with Crippen LogP contribution in [0.15, 0.2) is 24.3 Å². The number of benzene rings is 1. The van der Waals surface area contributed by atoms with Crippen LogP contribution in [0.5, 0.6) is 0 Å². The van der Waals surface area contributed by atoms with E-state index in [9.17, 15) is 13.2 Å². The number of sulfonamides is 1. The zero-order chi connectivity index (χ0) is 17.7. The number of halogens is 1. The molecule has 0 spiro atoms. The van der Waals surface area contributed by atoms with Crippen molar-refractivity contribution in [2.45, 2.75) is 39.2 Å². The van der Waals surface area contributed by atoms with Crippen LogP contribution in [0.4, 0.5) is 0 Å². The van der Waals surface area contributed by atoms with Gasteiger partial charge in [0.2, 0.25) is 15.9 Å². The van der Waals surface area contributed by atoms with E-state index in [0.717, 1.165) is 12.0 Å². The molecule has 5 nitrogen and oxygen atoms in total. The van der Waals surface area contributed by atoms with E-state index >= 15 is 0 Å². The van der Waals surface area contributed by atoms with Crippen LogP contribution in [-0.2, 0) is 14.8 Å². The number of carbonyl (C=O) groups excluding carboxylic acids is 1. The monoisotopic (exact) mass is 372 g/mol. The van der Waals surface area contributed by atoms with Crippen LogP contribution in [-0.4, -0.2) is 37.5 Å². The van der Waals surface area contributed by atoms with Crippen molar-refractivity contribution in [1.82, 2.24) is 9.62 Å². The van der Waals surface area contributed by atoms with Crippen LogP contribution >= 0.6 is 11.6 Å². The lowest BCUT2D eigenvalue weighted by Gasteiger charge is -2.31. The number of piperidine rings is 1. The predicted octanol–water partition coefficient (Wildman–Crippen LogP) is 2.97. The van der Waals surface area contributed by atoms with Crippen molar-refractivity contribution in [3.05, 3.63) is 34.9 Å². The molecule has 1 aromatic rings. The molecule has 0 bridgehead atoms. The Kier molecular flexibility index (Phi) is 6.66. The summed E-state index contributed by atoms with van der Waals surface area (Å²) in [7, 11) is -3.16. The number of hydrogen-bond donors (Lipinski definition) is 1. The SMILES string of the molecule is CCC(NC(=O)C1CCN(S(=O)(=O)CC)CC1)c1cccc(Cl)c1. The van der Waals surface area contributed by atoms with Gasteiger partial charge in [-0.1, -0.05) is 30.7 Å². The van der Waals surface area contributed by atoms with Crippen molar-refractivity contribution < 1.29 is 13.2 Å². The molecule has 1 aliphatic heterocycles. The molecule has 1 atom stereocenters. The van der Waals surface area contributed by atoms with Gasteiger partial charge in [0.15, 0.2) is 0 Å². The molecule has 1 heterocycles. The summed E-state index contributed by atoms with van der Waals surface area (Å²) in [5.74, 6) is -0.0341. The first kappa shape index (κ1) is 19.2. The largest absolute Gasteiger partial charge is 0.349 e. The fraction of sp³-hybridized carbons (Fsp3) is 0.588. The summed E-state index contributed by atoms with van der Waals surface area (Å²) in [6, 6.07) is 7.43. The minimum absolute atomic E-state index is 0.00429. The summed E-state index contributed by atoms with van der Waals surface area (Å²) in [5.41, 5.74) is 0.990. The highest BCUT2D eigenvalue weighted by Crippen LogP contribution is 2.24. The van der Waals surface area contributed by atoms with Gasteiger partial charge in [0, 0.05) is 24.0 Å². The van der Waals surface area contributed by atoms with Crippen LogP contribution in [0.2, 0.25) is 5.02 Å². The van der Waals surface area contributed by atoms with E-state index in [0.29, 0.717) is 31.0 Å². The summed E-state index contributed by atoms with van der Waals surface area (Å²) in [6.07, 6.45) is 1.91. The van der Waals surface area contributed by atoms with Crippen LogP contribution in [0, 0.1) is 5.92 Å². The molecule has 0 aliphatic carbocycles. The zero-order valence-corrected chi connectivity index (χ0v) is 15.7. The summed E-state index contributed by atoms with van der Waals surface area (Å²) in [4.78, 5) is 12.5. The van der Waals surface area contributed by atoms with Crippen LogP contribution in [0.3, 0.4) is 0 Å². The Hall–Kier alpha value is -1.11. The van der Waals surface area contributed by atoms with Gasteiger partial charge in [-0.2, -0.15) is 0 Å². The van der Waals surface area contributed by atoms with Gasteiger partial charge >= 0.3 is 0 Å². The second-order valence-electron chi connectivity index (χ2n) is 6.10. The number of hydrogen-bond acceptors (Lipinski definition) is 3. The lowest BCUT2D eigenvalue weighted by molar-refractivity contribution is -0.126. The number of nitrogens with zero attached hydrogens (tertiary/aromatic N) is 1. The third-order valence-corrected chi connectivity index (χ3v) is 6.68. The molecule has 1 aromatic carbocycles. The first-order chi connectivity index (χ1) is 11.4. The van der Waals surface area contributed by atoms with E-state index in [1.807, 2.05) is 31.2 Å². The first-order valence-electron chi connectivity index (χ1n) is 8.41. The Bertz CT molecular complexity index is 670. The van der Waals surface area contributed by atoms with Gasteiger partial charge in [-0.3, -0.25) is 4.79 Å². The highest BCUT2D eigenvalue weighted by Gasteiger charge is 2.30. The molecule has 7 heteroatoms. The van der Waals surface area contributed by atoms with Gasteiger partial charge in [-0.15, -0.1) is 0 Å². The van der Waals surface area contributed by atoms with Gasteiger partial charge in [-0.05, 0) is 43.9 Å². The van der Waals surface area contributed by atoms with Gasteiger partial charge in [-0.25, -0.2) is 12.7 Å². The molecule has 0 aromatic heterocycles. The van der Waals surface area contributed by atoms with E-state index < -0.39 is 10.0 Å². The molecular formula is C17H25ClN2O3S. The van der Waals surface area contributed by atoms with Gasteiger partial charge < -0.3 is 5.32 Å². The fourth-order valence-electron chi connectivity index (χ4n) is 3.01. The molecule has 24 heavy (non-hydrogen) atoms. The first-order valence-corrected chi connectivity index (χ1v) is 10.4. The van der Waals surface area contributed by atoms with E-state index in [1.165, 1.54) is 4.31 Å². The Labute approximate surface area is 149 Å². The van der Waals surface area contributed by atoms with Crippen LogP contribution in [0.1, 0.15) is 44.7 Å². The van der Waals surface area contributed by atoms with Crippen molar-refractivity contribution in [2.75, 3.05) is 18.8 Å². The maximum atomic E-state index is 12.5. The van der Waals surface area contributed by atoms with E-state index in [2.05, 4.69) is 5.32 Å². The second kappa shape index (κ2) is 8.32. The molecule has 1 fully saturated rings. The minimum Gasteiger partial charge on any atom is -0.349 e. The fourth-order valence-corrected chi connectivity index (χ4v) is 4.34. The molecule has 1 unspecified atom stereocenters. The van der Waals surface area contributed by atoms with Crippen LogP contribution < -0.4 is 5.32 Å². The summed E-state index contributed by atoms with van der Waals surface area (Å²) in [5, 5.41) is 3.73. The number of carbonyl (C=O) groups is 1. The molecule has 1 aliphatic rings. The maximum Gasteiger partial charge on any atom is 0.223 e. The van der Waals surface area contributed by atoms with Gasteiger partial charge in [0.25, 0.3) is 0 Å². The average Bonchev–Trinajstić information content (AvgIpc) is 2.59. The molecule has 1 saturated heterocycles. The van der Waals surface area contributed by atoms with Gasteiger partial charge in [0.1, 0.15) is 0 Å². The molecule has 2 rings (SSSR count). The summed E-state index contributed by atoms with van der Waals surface area (Å²) in [6.45, 7) is 4.50. The van der Waals surface area contributed by atoms with Crippen molar-refractivity contribution in [2.24, 2.45) is 5.92 Å². The molecule has 134 valence electrons. The number of rotatable bonds is 6. The minimum atomic E-state index is -3.16. The topological polar surface area (TPSA) is 66.5 Å². The standard InChI is InChI=1S/C17H25ClN2O3S/c1-3-16(14-6-5-7-15(18)12-14)19-17(21)13-8-10-20(11-9-13)24(22,23)4-2/h5-7,12-13,16H,3-4,8-11H2,1-2H3,(H,19,21). The van der Waals surface area contributed by atoms with Crippen LogP contribution in [0.25, 0.3) is 0 Å². The quantitative estimate of drug-likeness (QED) is 0.834. The number of nitrogens with one attached hydrogen (secondary N) is 1.